The minimum Gasteiger partial charge on any atom is -0.362 e. The van der Waals surface area contributed by atoms with E-state index in [1.54, 1.807) is 0 Å². The van der Waals surface area contributed by atoms with E-state index in [1.165, 1.54) is 23.6 Å². The van der Waals surface area contributed by atoms with E-state index in [4.69, 9.17) is 12.2 Å². The molecule has 0 saturated carbocycles. The van der Waals surface area contributed by atoms with E-state index < -0.39 is 0 Å². The SMILES string of the molecule is CN1C(C)(C)CC(CCNC(=S)Nc2ccc3ccccc3c2)CC1(C)C. The average molecular weight is 384 g/mol. The number of hydrogen-bond acceptors (Lipinski definition) is 2. The number of likely N-dealkylation sites (tertiary alicyclic amines) is 1. The monoisotopic (exact) mass is 383 g/mol. The topological polar surface area (TPSA) is 27.3 Å². The summed E-state index contributed by atoms with van der Waals surface area (Å²) in [6, 6.07) is 14.7. The summed E-state index contributed by atoms with van der Waals surface area (Å²) in [5, 5.41) is 9.90. The predicted molar refractivity (Wildman–Crippen MR) is 121 cm³/mol. The van der Waals surface area contributed by atoms with Crippen molar-refractivity contribution in [1.29, 1.82) is 0 Å². The minimum atomic E-state index is 0.246. The lowest BCUT2D eigenvalue weighted by atomic mass is 9.73. The molecule has 0 atom stereocenters. The molecule has 27 heavy (non-hydrogen) atoms. The maximum Gasteiger partial charge on any atom is 0.170 e. The van der Waals surface area contributed by atoms with Crippen molar-refractivity contribution in [3.63, 3.8) is 0 Å². The molecule has 1 aliphatic heterocycles. The number of benzene rings is 2. The molecule has 0 radical (unpaired) electrons. The first-order valence-corrected chi connectivity index (χ1v) is 10.4. The smallest absolute Gasteiger partial charge is 0.170 e. The molecule has 2 aromatic carbocycles. The fraction of sp³-hybridized carbons (Fsp3) is 0.522. The van der Waals surface area contributed by atoms with Crippen molar-refractivity contribution < 1.29 is 0 Å². The van der Waals surface area contributed by atoms with Crippen LogP contribution in [0.15, 0.2) is 42.5 Å². The molecule has 0 spiro atoms. The average Bonchev–Trinajstić information content (AvgIpc) is 2.59. The van der Waals surface area contributed by atoms with E-state index in [1.807, 2.05) is 0 Å². The Bertz CT molecular complexity index is 794. The van der Waals surface area contributed by atoms with Gasteiger partial charge in [0.25, 0.3) is 0 Å². The van der Waals surface area contributed by atoms with Gasteiger partial charge in [0.15, 0.2) is 5.11 Å². The van der Waals surface area contributed by atoms with Gasteiger partial charge < -0.3 is 10.6 Å². The molecule has 1 aliphatic rings. The second-order valence-corrected chi connectivity index (χ2v) is 9.60. The Kier molecular flexibility index (Phi) is 5.78. The first-order valence-electron chi connectivity index (χ1n) is 9.95. The molecule has 0 unspecified atom stereocenters. The third kappa shape index (κ3) is 4.80. The van der Waals surface area contributed by atoms with Crippen molar-refractivity contribution in [3.05, 3.63) is 42.5 Å². The molecule has 0 amide bonds. The van der Waals surface area contributed by atoms with Gasteiger partial charge >= 0.3 is 0 Å². The third-order valence-electron chi connectivity index (χ3n) is 6.24. The van der Waals surface area contributed by atoms with E-state index in [9.17, 15) is 0 Å². The van der Waals surface area contributed by atoms with Crippen LogP contribution in [0.5, 0.6) is 0 Å². The molecule has 3 nitrogen and oxygen atoms in total. The molecule has 2 N–H and O–H groups in total. The van der Waals surface area contributed by atoms with E-state index >= 15 is 0 Å². The molecule has 0 bridgehead atoms. The third-order valence-corrected chi connectivity index (χ3v) is 6.48. The summed E-state index contributed by atoms with van der Waals surface area (Å²) in [5.41, 5.74) is 1.53. The lowest BCUT2D eigenvalue weighted by molar-refractivity contribution is -0.0312. The second kappa shape index (κ2) is 7.76. The maximum absolute atomic E-state index is 5.50. The number of hydrogen-bond donors (Lipinski definition) is 2. The number of nitrogens with zero attached hydrogens (tertiary/aromatic N) is 1. The number of piperidine rings is 1. The van der Waals surface area contributed by atoms with Crippen LogP contribution in [0.4, 0.5) is 5.69 Å². The second-order valence-electron chi connectivity index (χ2n) is 9.19. The van der Waals surface area contributed by atoms with E-state index in [0.29, 0.717) is 5.11 Å². The number of rotatable bonds is 4. The van der Waals surface area contributed by atoms with Crippen LogP contribution in [-0.2, 0) is 0 Å². The standard InChI is InChI=1S/C23H33N3S/c1-22(2)15-17(16-23(3,4)26(22)5)12-13-24-21(27)25-20-11-10-18-8-6-7-9-19(18)14-20/h6-11,14,17H,12-13,15-16H2,1-5H3,(H2,24,25,27). The highest BCUT2D eigenvalue weighted by molar-refractivity contribution is 7.80. The van der Waals surface area contributed by atoms with Crippen molar-refractivity contribution in [3.8, 4) is 0 Å². The molecular weight excluding hydrogens is 350 g/mol. The molecule has 0 aromatic heterocycles. The Balaban J connectivity index is 1.50. The Labute approximate surface area is 169 Å². The van der Waals surface area contributed by atoms with Gasteiger partial charge in [-0.05, 0) is 95.0 Å². The van der Waals surface area contributed by atoms with Crippen LogP contribution in [0, 0.1) is 5.92 Å². The summed E-state index contributed by atoms with van der Waals surface area (Å²) >= 11 is 5.50. The molecule has 1 heterocycles. The highest BCUT2D eigenvalue weighted by Crippen LogP contribution is 2.41. The number of thiocarbonyl (C=S) groups is 1. The predicted octanol–water partition coefficient (Wildman–Crippen LogP) is 5.42. The normalized spacial score (nSPS) is 19.7. The van der Waals surface area contributed by atoms with Crippen LogP contribution in [0.2, 0.25) is 0 Å². The molecule has 1 fully saturated rings. The quantitative estimate of drug-likeness (QED) is 0.690. The zero-order valence-corrected chi connectivity index (χ0v) is 18.1. The first-order chi connectivity index (χ1) is 12.7. The fourth-order valence-corrected chi connectivity index (χ4v) is 4.83. The maximum atomic E-state index is 5.50. The van der Waals surface area contributed by atoms with Gasteiger partial charge in [-0.15, -0.1) is 0 Å². The van der Waals surface area contributed by atoms with Crippen LogP contribution in [-0.4, -0.2) is 34.7 Å². The first kappa shape index (κ1) is 20.1. The van der Waals surface area contributed by atoms with Crippen molar-refractivity contribution in [2.75, 3.05) is 18.9 Å². The molecule has 3 rings (SSSR count). The van der Waals surface area contributed by atoms with Gasteiger partial charge in [0.05, 0.1) is 0 Å². The molecule has 2 aromatic rings. The van der Waals surface area contributed by atoms with Crippen molar-refractivity contribution in [2.45, 2.75) is 58.0 Å². The van der Waals surface area contributed by atoms with Crippen LogP contribution in [0.3, 0.4) is 0 Å². The van der Waals surface area contributed by atoms with Crippen LogP contribution in [0.25, 0.3) is 10.8 Å². The lowest BCUT2D eigenvalue weighted by Gasteiger charge is -2.54. The zero-order chi connectivity index (χ0) is 19.7. The molecule has 4 heteroatoms. The van der Waals surface area contributed by atoms with Crippen molar-refractivity contribution in [1.82, 2.24) is 10.2 Å². The lowest BCUT2D eigenvalue weighted by Crippen LogP contribution is -2.58. The van der Waals surface area contributed by atoms with Crippen molar-refractivity contribution >= 4 is 33.8 Å². The summed E-state index contributed by atoms with van der Waals surface area (Å²) in [7, 11) is 2.26. The van der Waals surface area contributed by atoms with Gasteiger partial charge in [-0.2, -0.15) is 0 Å². The fourth-order valence-electron chi connectivity index (χ4n) is 4.61. The van der Waals surface area contributed by atoms with E-state index in [2.05, 4.69) is 92.7 Å². The zero-order valence-electron chi connectivity index (χ0n) is 17.3. The number of nitrogens with one attached hydrogen (secondary N) is 2. The van der Waals surface area contributed by atoms with Gasteiger partial charge in [0.2, 0.25) is 0 Å². The highest BCUT2D eigenvalue weighted by atomic mass is 32.1. The van der Waals surface area contributed by atoms with E-state index in [-0.39, 0.29) is 11.1 Å². The summed E-state index contributed by atoms with van der Waals surface area (Å²) in [6.07, 6.45) is 3.62. The Hall–Kier alpha value is -1.65. The van der Waals surface area contributed by atoms with E-state index in [0.717, 1.165) is 24.6 Å². The van der Waals surface area contributed by atoms with Gasteiger partial charge in [-0.3, -0.25) is 4.90 Å². The minimum absolute atomic E-state index is 0.246. The molecule has 0 aliphatic carbocycles. The largest absolute Gasteiger partial charge is 0.362 e. The Morgan fingerprint density at radius 1 is 1.04 bits per heavy atom. The summed E-state index contributed by atoms with van der Waals surface area (Å²) in [4.78, 5) is 2.54. The highest BCUT2D eigenvalue weighted by Gasteiger charge is 2.42. The van der Waals surface area contributed by atoms with Crippen LogP contribution in [0.1, 0.15) is 47.0 Å². The summed E-state index contributed by atoms with van der Waals surface area (Å²) in [5.74, 6) is 0.724. The van der Waals surface area contributed by atoms with Crippen LogP contribution >= 0.6 is 12.2 Å². The van der Waals surface area contributed by atoms with Gasteiger partial charge in [-0.25, -0.2) is 0 Å². The van der Waals surface area contributed by atoms with Gasteiger partial charge in [-0.1, -0.05) is 30.3 Å². The summed E-state index contributed by atoms with van der Waals surface area (Å²) in [6.45, 7) is 10.4. The summed E-state index contributed by atoms with van der Waals surface area (Å²) < 4.78 is 0. The van der Waals surface area contributed by atoms with Gasteiger partial charge in [0, 0.05) is 23.3 Å². The number of fused-ring (bicyclic) bond motifs is 1. The molecular formula is C23H33N3S. The van der Waals surface area contributed by atoms with Crippen molar-refractivity contribution in [2.24, 2.45) is 5.92 Å². The Morgan fingerprint density at radius 3 is 2.33 bits per heavy atom. The number of anilines is 1. The molecule has 146 valence electrons. The molecule has 1 saturated heterocycles. The van der Waals surface area contributed by atoms with Crippen LogP contribution < -0.4 is 10.6 Å². The van der Waals surface area contributed by atoms with Gasteiger partial charge in [0.1, 0.15) is 0 Å². The Morgan fingerprint density at radius 2 is 1.67 bits per heavy atom.